The highest BCUT2D eigenvalue weighted by Gasteiger charge is 2.44. The number of carbonyl (C=O) groups is 1. The average Bonchev–Trinajstić information content (AvgIpc) is 2.67. The van der Waals surface area contributed by atoms with E-state index in [2.05, 4.69) is 4.90 Å². The fraction of sp³-hybridized carbons (Fsp3) is 0.933. The lowest BCUT2D eigenvalue weighted by molar-refractivity contribution is -0.153. The molecular formula is C15H28N2O2. The van der Waals surface area contributed by atoms with Crippen molar-refractivity contribution in [2.75, 3.05) is 27.2 Å². The number of aliphatic carboxylic acids is 1. The minimum absolute atomic E-state index is 0.638. The van der Waals surface area contributed by atoms with Crippen LogP contribution in [-0.4, -0.2) is 59.6 Å². The number of hydrogen-bond donors (Lipinski definition) is 1. The Labute approximate surface area is 116 Å². The summed E-state index contributed by atoms with van der Waals surface area (Å²) in [4.78, 5) is 16.0. The van der Waals surface area contributed by atoms with Gasteiger partial charge >= 0.3 is 5.97 Å². The molecule has 0 bridgehead atoms. The second-order valence-electron chi connectivity index (χ2n) is 6.41. The van der Waals surface area contributed by atoms with E-state index < -0.39 is 11.5 Å². The first kappa shape index (κ1) is 14.8. The fourth-order valence-electron chi connectivity index (χ4n) is 3.73. The van der Waals surface area contributed by atoms with Crippen LogP contribution in [0.4, 0.5) is 0 Å². The van der Waals surface area contributed by atoms with Gasteiger partial charge in [-0.3, -0.25) is 9.69 Å². The number of piperidine rings is 1. The molecule has 0 amide bonds. The highest BCUT2D eigenvalue weighted by Crippen LogP contribution is 2.31. The Morgan fingerprint density at radius 1 is 1.11 bits per heavy atom. The molecule has 0 aromatic rings. The fourth-order valence-corrected chi connectivity index (χ4v) is 3.73. The second kappa shape index (κ2) is 6.23. The molecule has 1 aliphatic heterocycles. The molecule has 0 aromatic heterocycles. The van der Waals surface area contributed by atoms with Crippen molar-refractivity contribution in [2.24, 2.45) is 0 Å². The van der Waals surface area contributed by atoms with Crippen LogP contribution in [0.3, 0.4) is 0 Å². The first-order chi connectivity index (χ1) is 9.06. The number of likely N-dealkylation sites (N-methyl/N-ethyl adjacent to an activating group) is 1. The molecule has 0 atom stereocenters. The molecule has 2 fully saturated rings. The van der Waals surface area contributed by atoms with Crippen molar-refractivity contribution < 1.29 is 9.90 Å². The molecule has 0 unspecified atom stereocenters. The van der Waals surface area contributed by atoms with Crippen LogP contribution in [0.1, 0.15) is 51.4 Å². The molecule has 1 saturated heterocycles. The third kappa shape index (κ3) is 3.11. The van der Waals surface area contributed by atoms with E-state index in [0.29, 0.717) is 6.04 Å². The van der Waals surface area contributed by atoms with E-state index in [9.17, 15) is 9.90 Å². The van der Waals surface area contributed by atoms with Gasteiger partial charge in [0.15, 0.2) is 0 Å². The number of carboxylic acids is 1. The Morgan fingerprint density at radius 2 is 1.63 bits per heavy atom. The van der Waals surface area contributed by atoms with Crippen LogP contribution in [0, 0.1) is 0 Å². The quantitative estimate of drug-likeness (QED) is 0.797. The third-order valence-corrected chi connectivity index (χ3v) is 5.22. The topological polar surface area (TPSA) is 43.8 Å². The molecule has 1 heterocycles. The molecule has 4 nitrogen and oxygen atoms in total. The van der Waals surface area contributed by atoms with Crippen molar-refractivity contribution in [3.63, 3.8) is 0 Å². The second-order valence-corrected chi connectivity index (χ2v) is 6.41. The largest absolute Gasteiger partial charge is 0.480 e. The van der Waals surface area contributed by atoms with Crippen molar-refractivity contribution in [2.45, 2.75) is 62.9 Å². The summed E-state index contributed by atoms with van der Waals surface area (Å²) in [6, 6.07) is 0.705. The molecule has 1 aliphatic carbocycles. The number of rotatable bonds is 3. The first-order valence-electron chi connectivity index (χ1n) is 7.71. The van der Waals surface area contributed by atoms with Crippen molar-refractivity contribution in [1.82, 2.24) is 9.80 Å². The molecule has 19 heavy (non-hydrogen) atoms. The number of carboxylic acid groups (broad SMARTS) is 1. The van der Waals surface area contributed by atoms with Crippen LogP contribution in [0.15, 0.2) is 0 Å². The van der Waals surface area contributed by atoms with Gasteiger partial charge in [-0.15, -0.1) is 0 Å². The van der Waals surface area contributed by atoms with Crippen LogP contribution in [0.25, 0.3) is 0 Å². The van der Waals surface area contributed by atoms with Crippen LogP contribution in [0.2, 0.25) is 0 Å². The first-order valence-corrected chi connectivity index (χ1v) is 7.71. The molecule has 4 heteroatoms. The summed E-state index contributed by atoms with van der Waals surface area (Å²) in [5.74, 6) is -0.655. The SMILES string of the molecule is CN(C)C1(C(=O)O)CCN(C2CCCCCC2)CC1. The van der Waals surface area contributed by atoms with E-state index in [4.69, 9.17) is 0 Å². The zero-order valence-corrected chi connectivity index (χ0v) is 12.4. The Morgan fingerprint density at radius 3 is 2.05 bits per heavy atom. The summed E-state index contributed by atoms with van der Waals surface area (Å²) in [6.45, 7) is 1.88. The van der Waals surface area contributed by atoms with Gasteiger partial charge in [-0.25, -0.2) is 0 Å². The van der Waals surface area contributed by atoms with E-state index in [-0.39, 0.29) is 0 Å². The molecule has 1 N–H and O–H groups in total. The van der Waals surface area contributed by atoms with E-state index in [0.717, 1.165) is 25.9 Å². The summed E-state index contributed by atoms with van der Waals surface area (Å²) >= 11 is 0. The summed E-state index contributed by atoms with van der Waals surface area (Å²) < 4.78 is 0. The molecule has 110 valence electrons. The minimum atomic E-state index is -0.655. The maximum Gasteiger partial charge on any atom is 0.324 e. The predicted molar refractivity (Wildman–Crippen MR) is 76.4 cm³/mol. The minimum Gasteiger partial charge on any atom is -0.480 e. The van der Waals surface area contributed by atoms with E-state index >= 15 is 0 Å². The molecule has 0 radical (unpaired) electrons. The molecule has 0 aromatic carbocycles. The zero-order valence-electron chi connectivity index (χ0n) is 12.4. The summed E-state index contributed by atoms with van der Waals surface area (Å²) in [5, 5.41) is 9.54. The van der Waals surface area contributed by atoms with Gasteiger partial charge in [0, 0.05) is 19.1 Å². The Hall–Kier alpha value is -0.610. The van der Waals surface area contributed by atoms with Crippen LogP contribution in [-0.2, 0) is 4.79 Å². The molecule has 2 rings (SSSR count). The van der Waals surface area contributed by atoms with Gasteiger partial charge < -0.3 is 10.0 Å². The van der Waals surface area contributed by atoms with Crippen LogP contribution in [0.5, 0.6) is 0 Å². The van der Waals surface area contributed by atoms with Crippen molar-refractivity contribution >= 4 is 5.97 Å². The standard InChI is InChI=1S/C15H28N2O2/c1-16(2)15(14(18)19)9-11-17(12-10-15)13-7-5-3-4-6-8-13/h13H,3-12H2,1-2H3,(H,18,19). The highest BCUT2D eigenvalue weighted by molar-refractivity contribution is 5.79. The Kier molecular flexibility index (Phi) is 4.85. The van der Waals surface area contributed by atoms with Crippen molar-refractivity contribution in [3.05, 3.63) is 0 Å². The number of likely N-dealkylation sites (tertiary alicyclic amines) is 1. The number of hydrogen-bond acceptors (Lipinski definition) is 3. The van der Waals surface area contributed by atoms with Crippen LogP contribution >= 0.6 is 0 Å². The predicted octanol–water partition coefficient (Wildman–Crippen LogP) is 2.19. The highest BCUT2D eigenvalue weighted by atomic mass is 16.4. The average molecular weight is 268 g/mol. The normalized spacial score (nSPS) is 26.3. The Balaban J connectivity index is 1.95. The Bertz CT molecular complexity index is 301. The zero-order chi connectivity index (χ0) is 13.9. The lowest BCUT2D eigenvalue weighted by Gasteiger charge is -2.45. The smallest absolute Gasteiger partial charge is 0.324 e. The van der Waals surface area contributed by atoms with Crippen molar-refractivity contribution in [3.8, 4) is 0 Å². The summed E-state index contributed by atoms with van der Waals surface area (Å²) in [7, 11) is 3.80. The van der Waals surface area contributed by atoms with Gasteiger partial charge in [-0.05, 0) is 39.8 Å². The van der Waals surface area contributed by atoms with E-state index in [1.807, 2.05) is 19.0 Å². The van der Waals surface area contributed by atoms with Gasteiger partial charge in [0.2, 0.25) is 0 Å². The lowest BCUT2D eigenvalue weighted by Crippen LogP contribution is -2.58. The van der Waals surface area contributed by atoms with Gasteiger partial charge in [0.1, 0.15) is 5.54 Å². The molecule has 0 spiro atoms. The number of nitrogens with zero attached hydrogens (tertiary/aromatic N) is 2. The van der Waals surface area contributed by atoms with E-state index in [1.54, 1.807) is 0 Å². The molecule has 2 aliphatic rings. The van der Waals surface area contributed by atoms with Gasteiger partial charge in [-0.1, -0.05) is 25.7 Å². The van der Waals surface area contributed by atoms with Crippen molar-refractivity contribution in [1.29, 1.82) is 0 Å². The third-order valence-electron chi connectivity index (χ3n) is 5.22. The summed E-state index contributed by atoms with van der Waals surface area (Å²) in [5.41, 5.74) is -0.638. The van der Waals surface area contributed by atoms with Gasteiger partial charge in [-0.2, -0.15) is 0 Å². The monoisotopic (exact) mass is 268 g/mol. The maximum absolute atomic E-state index is 11.6. The van der Waals surface area contributed by atoms with E-state index in [1.165, 1.54) is 38.5 Å². The van der Waals surface area contributed by atoms with Crippen LogP contribution < -0.4 is 0 Å². The molecular weight excluding hydrogens is 240 g/mol. The van der Waals surface area contributed by atoms with Gasteiger partial charge in [0.05, 0.1) is 0 Å². The lowest BCUT2D eigenvalue weighted by atomic mass is 9.85. The maximum atomic E-state index is 11.6. The van der Waals surface area contributed by atoms with Gasteiger partial charge in [0.25, 0.3) is 0 Å². The molecule has 1 saturated carbocycles. The summed E-state index contributed by atoms with van der Waals surface area (Å²) in [6.07, 6.45) is 9.57.